The van der Waals surface area contributed by atoms with E-state index in [1.807, 2.05) is 6.07 Å². The molecule has 0 saturated heterocycles. The Morgan fingerprint density at radius 2 is 2.06 bits per heavy atom. The van der Waals surface area contributed by atoms with Crippen molar-refractivity contribution < 1.29 is 0 Å². The van der Waals surface area contributed by atoms with Gasteiger partial charge in [-0.15, -0.1) is 0 Å². The molecule has 0 bridgehead atoms. The molecular formula is C15H25N3. The monoisotopic (exact) mass is 247 g/mol. The van der Waals surface area contributed by atoms with Gasteiger partial charge in [-0.3, -0.25) is 0 Å². The van der Waals surface area contributed by atoms with Gasteiger partial charge in [0.25, 0.3) is 0 Å². The third kappa shape index (κ3) is 3.90. The van der Waals surface area contributed by atoms with E-state index in [0.717, 1.165) is 30.6 Å². The fraction of sp³-hybridized carbons (Fsp3) is 0.667. The second-order valence-corrected chi connectivity index (χ2v) is 6.24. The maximum atomic E-state index is 4.72. The van der Waals surface area contributed by atoms with Gasteiger partial charge in [0.1, 0.15) is 11.6 Å². The number of hydrogen-bond acceptors (Lipinski definition) is 3. The largest absolute Gasteiger partial charge is 0.365 e. The molecule has 1 aliphatic rings. The summed E-state index contributed by atoms with van der Waals surface area (Å²) in [5.74, 6) is 2.96. The fourth-order valence-electron chi connectivity index (χ4n) is 2.05. The summed E-state index contributed by atoms with van der Waals surface area (Å²) in [6.45, 7) is 10.9. The van der Waals surface area contributed by atoms with Gasteiger partial charge >= 0.3 is 0 Å². The van der Waals surface area contributed by atoms with Crippen molar-refractivity contribution in [1.29, 1.82) is 0 Å². The third-order valence-electron chi connectivity index (χ3n) is 3.12. The van der Waals surface area contributed by atoms with E-state index in [1.54, 1.807) is 0 Å². The van der Waals surface area contributed by atoms with Crippen LogP contribution in [0.1, 0.15) is 40.5 Å². The van der Waals surface area contributed by atoms with Crippen molar-refractivity contribution in [2.75, 3.05) is 23.3 Å². The third-order valence-corrected chi connectivity index (χ3v) is 3.12. The number of anilines is 2. The van der Waals surface area contributed by atoms with E-state index in [-0.39, 0.29) is 5.54 Å². The van der Waals surface area contributed by atoms with E-state index in [0.29, 0.717) is 0 Å². The molecule has 3 heteroatoms. The Labute approximate surface area is 111 Å². The number of nitrogens with zero attached hydrogens (tertiary/aromatic N) is 2. The van der Waals surface area contributed by atoms with Crippen molar-refractivity contribution in [2.24, 2.45) is 5.92 Å². The lowest BCUT2D eigenvalue weighted by Gasteiger charge is -2.25. The van der Waals surface area contributed by atoms with E-state index >= 15 is 0 Å². The molecule has 0 amide bonds. The van der Waals surface area contributed by atoms with Crippen LogP contribution < -0.4 is 10.2 Å². The standard InChI is InChI=1S/C15H25N3/c1-5-18(11-12-9-10-12)14-8-6-7-13(16-14)17-15(2,3)4/h6-8,12H,5,9-11H2,1-4H3,(H,16,17). The van der Waals surface area contributed by atoms with Gasteiger partial charge in [-0.25, -0.2) is 4.98 Å². The zero-order valence-electron chi connectivity index (χ0n) is 12.0. The molecule has 0 atom stereocenters. The van der Waals surface area contributed by atoms with Crippen LogP contribution in [0.4, 0.5) is 11.6 Å². The Morgan fingerprint density at radius 3 is 2.61 bits per heavy atom. The molecular weight excluding hydrogens is 222 g/mol. The summed E-state index contributed by atoms with van der Waals surface area (Å²) in [7, 11) is 0. The lowest BCUT2D eigenvalue weighted by Crippen LogP contribution is -2.29. The van der Waals surface area contributed by atoms with Gasteiger partial charge in [-0.1, -0.05) is 6.07 Å². The predicted molar refractivity (Wildman–Crippen MR) is 78.2 cm³/mol. The minimum Gasteiger partial charge on any atom is -0.365 e. The molecule has 0 radical (unpaired) electrons. The summed E-state index contributed by atoms with van der Waals surface area (Å²) in [5.41, 5.74) is 0.0547. The molecule has 1 aliphatic carbocycles. The van der Waals surface area contributed by atoms with Crippen LogP contribution in [0.15, 0.2) is 18.2 Å². The number of hydrogen-bond donors (Lipinski definition) is 1. The number of aromatic nitrogens is 1. The van der Waals surface area contributed by atoms with Gasteiger partial charge in [-0.05, 0) is 58.6 Å². The molecule has 1 fully saturated rings. The van der Waals surface area contributed by atoms with Gasteiger partial charge < -0.3 is 10.2 Å². The summed E-state index contributed by atoms with van der Waals surface area (Å²) in [6.07, 6.45) is 2.77. The zero-order valence-corrected chi connectivity index (χ0v) is 12.0. The summed E-state index contributed by atoms with van der Waals surface area (Å²) in [5, 5.41) is 3.43. The highest BCUT2D eigenvalue weighted by Gasteiger charge is 2.24. The first-order chi connectivity index (χ1) is 8.48. The van der Waals surface area contributed by atoms with Gasteiger partial charge in [-0.2, -0.15) is 0 Å². The molecule has 2 rings (SSSR count). The SMILES string of the molecule is CCN(CC1CC1)c1cccc(NC(C)(C)C)n1. The average molecular weight is 247 g/mol. The van der Waals surface area contributed by atoms with Crippen molar-refractivity contribution in [3.05, 3.63) is 18.2 Å². The zero-order chi connectivity index (χ0) is 13.2. The van der Waals surface area contributed by atoms with Gasteiger partial charge in [0.15, 0.2) is 0 Å². The van der Waals surface area contributed by atoms with Gasteiger partial charge in [0.05, 0.1) is 0 Å². The van der Waals surface area contributed by atoms with Gasteiger partial charge in [0, 0.05) is 18.6 Å². The molecule has 0 spiro atoms. The second-order valence-electron chi connectivity index (χ2n) is 6.24. The predicted octanol–water partition coefficient (Wildman–Crippen LogP) is 3.53. The van der Waals surface area contributed by atoms with Crippen LogP contribution in [-0.2, 0) is 0 Å². The fourth-order valence-corrected chi connectivity index (χ4v) is 2.05. The maximum absolute atomic E-state index is 4.72. The van der Waals surface area contributed by atoms with Crippen molar-refractivity contribution >= 4 is 11.6 Å². The first-order valence-electron chi connectivity index (χ1n) is 6.98. The van der Waals surface area contributed by atoms with Crippen LogP contribution in [-0.4, -0.2) is 23.6 Å². The van der Waals surface area contributed by atoms with Gasteiger partial charge in [0.2, 0.25) is 0 Å². The summed E-state index contributed by atoms with van der Waals surface area (Å²) < 4.78 is 0. The molecule has 1 heterocycles. The minimum absolute atomic E-state index is 0.0547. The molecule has 18 heavy (non-hydrogen) atoms. The van der Waals surface area contributed by atoms with Crippen LogP contribution in [0.5, 0.6) is 0 Å². The first kappa shape index (κ1) is 13.2. The summed E-state index contributed by atoms with van der Waals surface area (Å²) in [6, 6.07) is 6.24. The molecule has 100 valence electrons. The van der Waals surface area contributed by atoms with Crippen molar-refractivity contribution in [1.82, 2.24) is 4.98 Å². The molecule has 1 aromatic heterocycles. The minimum atomic E-state index is 0.0547. The molecule has 0 aliphatic heterocycles. The normalized spacial score (nSPS) is 15.6. The molecule has 1 N–H and O–H groups in total. The van der Waals surface area contributed by atoms with Crippen LogP contribution in [0.3, 0.4) is 0 Å². The lowest BCUT2D eigenvalue weighted by molar-refractivity contribution is 0.629. The van der Waals surface area contributed by atoms with E-state index in [9.17, 15) is 0 Å². The van der Waals surface area contributed by atoms with Crippen molar-refractivity contribution in [3.63, 3.8) is 0 Å². The van der Waals surface area contributed by atoms with Crippen LogP contribution >= 0.6 is 0 Å². The highest BCUT2D eigenvalue weighted by atomic mass is 15.2. The quantitative estimate of drug-likeness (QED) is 0.862. The Bertz CT molecular complexity index is 391. The summed E-state index contributed by atoms with van der Waals surface area (Å²) in [4.78, 5) is 7.11. The molecule has 1 aromatic rings. The number of rotatable bonds is 5. The summed E-state index contributed by atoms with van der Waals surface area (Å²) >= 11 is 0. The van der Waals surface area contributed by atoms with Crippen molar-refractivity contribution in [2.45, 2.75) is 46.1 Å². The second kappa shape index (κ2) is 5.17. The maximum Gasteiger partial charge on any atom is 0.130 e. The van der Waals surface area contributed by atoms with Crippen LogP contribution in [0, 0.1) is 5.92 Å². The van der Waals surface area contributed by atoms with Crippen molar-refractivity contribution in [3.8, 4) is 0 Å². The molecule has 0 aromatic carbocycles. The van der Waals surface area contributed by atoms with Crippen LogP contribution in [0.2, 0.25) is 0 Å². The average Bonchev–Trinajstić information content (AvgIpc) is 3.07. The smallest absolute Gasteiger partial charge is 0.130 e. The first-order valence-corrected chi connectivity index (χ1v) is 6.98. The highest BCUT2D eigenvalue weighted by molar-refractivity contribution is 5.48. The lowest BCUT2D eigenvalue weighted by atomic mass is 10.1. The number of nitrogens with one attached hydrogen (secondary N) is 1. The Morgan fingerprint density at radius 1 is 1.33 bits per heavy atom. The van der Waals surface area contributed by atoms with E-state index in [4.69, 9.17) is 4.98 Å². The van der Waals surface area contributed by atoms with E-state index in [1.165, 1.54) is 12.8 Å². The van der Waals surface area contributed by atoms with E-state index in [2.05, 4.69) is 50.0 Å². The number of pyridine rings is 1. The molecule has 1 saturated carbocycles. The molecule has 0 unspecified atom stereocenters. The Hall–Kier alpha value is -1.25. The highest BCUT2D eigenvalue weighted by Crippen LogP contribution is 2.31. The Kier molecular flexibility index (Phi) is 3.79. The van der Waals surface area contributed by atoms with E-state index < -0.39 is 0 Å². The molecule has 3 nitrogen and oxygen atoms in total. The Balaban J connectivity index is 2.09. The topological polar surface area (TPSA) is 28.2 Å². The van der Waals surface area contributed by atoms with Crippen LogP contribution in [0.25, 0.3) is 0 Å².